The number of rotatable bonds is 9. The molecule has 0 unspecified atom stereocenters. The summed E-state index contributed by atoms with van der Waals surface area (Å²) in [7, 11) is 0. The van der Waals surface area contributed by atoms with Gasteiger partial charge in [0.05, 0.1) is 11.8 Å². The van der Waals surface area contributed by atoms with E-state index in [-0.39, 0.29) is 11.1 Å². The van der Waals surface area contributed by atoms with Crippen molar-refractivity contribution in [1.82, 2.24) is 0 Å². The minimum absolute atomic E-state index is 0.121. The number of carbonyl (C=O) groups is 3. The molecule has 0 saturated heterocycles. The molecular formula is C36H29FO6. The molecule has 0 aliphatic rings. The quantitative estimate of drug-likeness (QED) is 0.0658. The molecule has 0 saturated carbocycles. The van der Waals surface area contributed by atoms with Crippen LogP contribution >= 0.6 is 0 Å². The molecule has 0 aliphatic carbocycles. The van der Waals surface area contributed by atoms with E-state index in [0.717, 1.165) is 28.9 Å². The smallest absolute Gasteiger partial charge is 0.337 e. The average molecular weight is 577 g/mol. The molecule has 0 heterocycles. The van der Waals surface area contributed by atoms with Gasteiger partial charge in [0.15, 0.2) is 0 Å². The van der Waals surface area contributed by atoms with Crippen LogP contribution in [-0.4, -0.2) is 17.9 Å². The van der Waals surface area contributed by atoms with E-state index in [4.69, 9.17) is 14.2 Å². The summed E-state index contributed by atoms with van der Waals surface area (Å²) in [4.78, 5) is 34.8. The van der Waals surface area contributed by atoms with Crippen molar-refractivity contribution < 1.29 is 33.0 Å². The van der Waals surface area contributed by atoms with Crippen LogP contribution in [0, 0.1) is 17.7 Å². The van der Waals surface area contributed by atoms with E-state index in [0.29, 0.717) is 28.2 Å². The van der Waals surface area contributed by atoms with E-state index in [9.17, 15) is 14.4 Å². The Balaban J connectivity index is 2.01. The molecule has 6 nitrogen and oxygen atoms in total. The topological polar surface area (TPSA) is 78.9 Å². The highest BCUT2D eigenvalue weighted by atomic mass is 19.1. The van der Waals surface area contributed by atoms with Crippen molar-refractivity contribution in [2.75, 3.05) is 0 Å². The Hall–Kier alpha value is -5.74. The van der Waals surface area contributed by atoms with Crippen LogP contribution in [0.1, 0.15) is 48.6 Å². The summed E-state index contributed by atoms with van der Waals surface area (Å²) in [6.07, 6.45) is 4.91. The highest BCUT2D eigenvalue weighted by Gasteiger charge is 2.13. The molecular weight excluding hydrogens is 547 g/mol. The molecule has 0 N–H and O–H groups in total. The first-order valence-electron chi connectivity index (χ1n) is 13.0. The predicted octanol–water partition coefficient (Wildman–Crippen LogP) is 7.45. The number of benzene rings is 3. The fraction of sp³-hybridized carbons (Fsp3) is 0.0833. The van der Waals surface area contributed by atoms with E-state index < -0.39 is 23.7 Å². The zero-order valence-corrected chi connectivity index (χ0v) is 24.0. The Kier molecular flexibility index (Phi) is 10.9. The number of hydrogen-bond donors (Lipinski definition) is 0. The van der Waals surface area contributed by atoms with Gasteiger partial charge in [0, 0.05) is 23.3 Å². The molecule has 3 rings (SSSR count). The lowest BCUT2D eigenvalue weighted by Crippen LogP contribution is -2.02. The van der Waals surface area contributed by atoms with Gasteiger partial charge in [-0.05, 0) is 103 Å². The number of hydrogen-bond acceptors (Lipinski definition) is 6. The molecule has 0 spiro atoms. The number of ether oxygens (including phenoxy) is 3. The Morgan fingerprint density at radius 2 is 1.35 bits per heavy atom. The van der Waals surface area contributed by atoms with Crippen LogP contribution in [0.3, 0.4) is 0 Å². The van der Waals surface area contributed by atoms with Gasteiger partial charge < -0.3 is 14.2 Å². The third-order valence-corrected chi connectivity index (χ3v) is 6.13. The summed E-state index contributed by atoms with van der Waals surface area (Å²) in [5.74, 6) is 4.15. The molecule has 0 aromatic heterocycles. The van der Waals surface area contributed by atoms with E-state index in [1.807, 2.05) is 13.8 Å². The monoisotopic (exact) mass is 576 g/mol. The minimum atomic E-state index is -0.595. The number of allylic oxidation sites excluding steroid dienone is 2. The third kappa shape index (κ3) is 8.87. The molecule has 3 aromatic carbocycles. The van der Waals surface area contributed by atoms with Gasteiger partial charge in [0.2, 0.25) is 0 Å². The highest BCUT2D eigenvalue weighted by molar-refractivity contribution is 5.92. The first-order valence-corrected chi connectivity index (χ1v) is 13.0. The van der Waals surface area contributed by atoms with Gasteiger partial charge in [-0.15, -0.1) is 0 Å². The summed E-state index contributed by atoms with van der Waals surface area (Å²) in [6, 6.07) is 16.2. The van der Waals surface area contributed by atoms with E-state index >= 15 is 4.39 Å². The second-order valence-electron chi connectivity index (χ2n) is 9.21. The molecule has 0 amide bonds. The Labute approximate surface area is 250 Å². The Bertz CT molecular complexity index is 1710. The van der Waals surface area contributed by atoms with E-state index in [1.54, 1.807) is 60.7 Å². The molecule has 0 bridgehead atoms. The summed E-state index contributed by atoms with van der Waals surface area (Å²) in [6.45, 7) is 15.6. The van der Waals surface area contributed by atoms with Gasteiger partial charge in [-0.2, -0.15) is 0 Å². The van der Waals surface area contributed by atoms with Crippen molar-refractivity contribution in [2.24, 2.45) is 0 Å². The number of esters is 3. The van der Waals surface area contributed by atoms with Crippen molar-refractivity contribution in [3.63, 3.8) is 0 Å². The van der Waals surface area contributed by atoms with Crippen LogP contribution in [0.2, 0.25) is 0 Å². The van der Waals surface area contributed by atoms with Gasteiger partial charge in [0.25, 0.3) is 0 Å². The third-order valence-electron chi connectivity index (χ3n) is 6.13. The minimum Gasteiger partial charge on any atom is -0.431 e. The lowest BCUT2D eigenvalue weighted by atomic mass is 9.92. The van der Waals surface area contributed by atoms with Crippen LogP contribution in [0.15, 0.2) is 104 Å². The second kappa shape index (κ2) is 14.8. The molecule has 0 aliphatic heterocycles. The summed E-state index contributed by atoms with van der Waals surface area (Å²) < 4.78 is 30.7. The van der Waals surface area contributed by atoms with Crippen molar-refractivity contribution in [1.29, 1.82) is 0 Å². The standard InChI is InChI=1S/C36H29FO6/c1-7-34(38)42-30-15-10-26(11-16-30)9-12-29-21-28(19-20-41-36(40)23(3)4)32(22-33(29)37)25(6)24(5)27-13-17-31(18-14-27)43-35(39)8-2/h7-8,10-11,13-22H,1-3H2,4-6H3/b20-19+,25-24+. The fourth-order valence-corrected chi connectivity index (χ4v) is 3.67. The van der Waals surface area contributed by atoms with Gasteiger partial charge in [-0.1, -0.05) is 43.7 Å². The van der Waals surface area contributed by atoms with Crippen LogP contribution in [0.5, 0.6) is 11.5 Å². The van der Waals surface area contributed by atoms with Gasteiger partial charge in [-0.25, -0.2) is 18.8 Å². The van der Waals surface area contributed by atoms with Crippen LogP contribution < -0.4 is 9.47 Å². The molecule has 0 fully saturated rings. The normalized spacial score (nSPS) is 11.0. The van der Waals surface area contributed by atoms with Crippen molar-refractivity contribution in [3.8, 4) is 23.3 Å². The number of halogens is 1. The van der Waals surface area contributed by atoms with Crippen LogP contribution in [-0.2, 0) is 19.1 Å². The zero-order valence-electron chi connectivity index (χ0n) is 24.0. The Morgan fingerprint density at radius 3 is 1.88 bits per heavy atom. The molecule has 3 aromatic rings. The SMILES string of the molecule is C=CC(=O)Oc1ccc(C#Cc2cc(/C=C/OC(=O)C(=C)C)c(/C(C)=C(\C)c3ccc(OC(=O)C=C)cc3)cc2F)cc1. The summed E-state index contributed by atoms with van der Waals surface area (Å²) >= 11 is 0. The van der Waals surface area contributed by atoms with E-state index in [1.165, 1.54) is 19.3 Å². The second-order valence-corrected chi connectivity index (χ2v) is 9.21. The maximum absolute atomic E-state index is 15.4. The fourth-order valence-electron chi connectivity index (χ4n) is 3.67. The maximum atomic E-state index is 15.4. The summed E-state index contributed by atoms with van der Waals surface area (Å²) in [5.41, 5.74) is 4.45. The average Bonchev–Trinajstić information content (AvgIpc) is 3.00. The first kappa shape index (κ1) is 31.8. The summed E-state index contributed by atoms with van der Waals surface area (Å²) in [5, 5.41) is 0. The lowest BCUT2D eigenvalue weighted by molar-refractivity contribution is -0.133. The molecule has 0 radical (unpaired) electrons. The number of carbonyl (C=O) groups excluding carboxylic acids is 3. The van der Waals surface area contributed by atoms with Crippen molar-refractivity contribution >= 4 is 35.1 Å². The predicted molar refractivity (Wildman–Crippen MR) is 165 cm³/mol. The zero-order chi connectivity index (χ0) is 31.5. The van der Waals surface area contributed by atoms with Gasteiger partial charge in [-0.3, -0.25) is 0 Å². The van der Waals surface area contributed by atoms with Crippen LogP contribution in [0.4, 0.5) is 4.39 Å². The first-order chi connectivity index (χ1) is 20.5. The largest absolute Gasteiger partial charge is 0.431 e. The molecule has 216 valence electrons. The van der Waals surface area contributed by atoms with Gasteiger partial charge >= 0.3 is 17.9 Å². The molecule has 0 atom stereocenters. The maximum Gasteiger partial charge on any atom is 0.337 e. The molecule has 43 heavy (non-hydrogen) atoms. The van der Waals surface area contributed by atoms with E-state index in [2.05, 4.69) is 31.6 Å². The molecule has 7 heteroatoms. The highest BCUT2D eigenvalue weighted by Crippen LogP contribution is 2.31. The van der Waals surface area contributed by atoms with Crippen molar-refractivity contribution in [3.05, 3.63) is 138 Å². The van der Waals surface area contributed by atoms with Crippen LogP contribution in [0.25, 0.3) is 17.2 Å². The van der Waals surface area contributed by atoms with Gasteiger partial charge in [0.1, 0.15) is 17.3 Å². The van der Waals surface area contributed by atoms with Crippen molar-refractivity contribution in [2.45, 2.75) is 20.8 Å². The Morgan fingerprint density at radius 1 is 0.791 bits per heavy atom. The lowest BCUT2D eigenvalue weighted by Gasteiger charge is -2.13.